The fourth-order valence-electron chi connectivity index (χ4n) is 2.37. The van der Waals surface area contributed by atoms with Crippen molar-refractivity contribution in [3.63, 3.8) is 0 Å². The van der Waals surface area contributed by atoms with Crippen molar-refractivity contribution in [3.8, 4) is 11.5 Å². The van der Waals surface area contributed by atoms with Crippen LogP contribution in [0.4, 0.5) is 5.13 Å². The summed E-state index contributed by atoms with van der Waals surface area (Å²) < 4.78 is 34.5. The van der Waals surface area contributed by atoms with Crippen molar-refractivity contribution in [1.29, 1.82) is 0 Å². The molecule has 0 aliphatic heterocycles. The van der Waals surface area contributed by atoms with Crippen LogP contribution < -0.4 is 22.1 Å². The third-order valence-corrected chi connectivity index (χ3v) is 5.85. The van der Waals surface area contributed by atoms with E-state index in [1.165, 1.54) is 23.5 Å². The van der Waals surface area contributed by atoms with Crippen LogP contribution in [0.25, 0.3) is 11.5 Å². The van der Waals surface area contributed by atoms with Crippen molar-refractivity contribution in [2.45, 2.75) is 18.4 Å². The monoisotopic (exact) mass is 447 g/mol. The van der Waals surface area contributed by atoms with Gasteiger partial charge in [0.2, 0.25) is 11.1 Å². The Morgan fingerprint density at radius 1 is 1.20 bits per heavy atom. The van der Waals surface area contributed by atoms with Crippen molar-refractivity contribution in [3.05, 3.63) is 53.1 Å². The lowest BCUT2D eigenvalue weighted by atomic mass is 10.2. The number of sulfonamides is 1. The summed E-state index contributed by atoms with van der Waals surface area (Å²) in [6.07, 6.45) is 0. The molecule has 1 aromatic carbocycles. The van der Waals surface area contributed by atoms with Crippen LogP contribution in [0, 0.1) is 6.92 Å². The molecule has 30 heavy (non-hydrogen) atoms. The summed E-state index contributed by atoms with van der Waals surface area (Å²) in [5, 5.41) is 7.84. The lowest BCUT2D eigenvalue weighted by Gasteiger charge is -2.08. The molecule has 6 N–H and O–H groups in total. The Morgan fingerprint density at radius 2 is 1.93 bits per heavy atom. The zero-order valence-electron chi connectivity index (χ0n) is 16.3. The van der Waals surface area contributed by atoms with Gasteiger partial charge in [-0.1, -0.05) is 17.7 Å². The van der Waals surface area contributed by atoms with E-state index in [9.17, 15) is 8.42 Å². The first-order valence-electron chi connectivity index (χ1n) is 8.74. The average Bonchev–Trinajstić information content (AvgIpc) is 3.34. The summed E-state index contributed by atoms with van der Waals surface area (Å²) in [4.78, 5) is 8.28. The number of rotatable bonds is 6. The van der Waals surface area contributed by atoms with Gasteiger partial charge in [-0.15, -0.1) is 15.7 Å². The van der Waals surface area contributed by atoms with Crippen molar-refractivity contribution in [1.82, 2.24) is 15.6 Å². The minimum atomic E-state index is -3.85. The Morgan fingerprint density at radius 3 is 2.60 bits per heavy atom. The van der Waals surface area contributed by atoms with Gasteiger partial charge in [-0.3, -0.25) is 0 Å². The van der Waals surface area contributed by atoms with Crippen LogP contribution in [0.15, 0.2) is 60.5 Å². The summed E-state index contributed by atoms with van der Waals surface area (Å²) in [5.41, 5.74) is 12.3. The van der Waals surface area contributed by atoms with Crippen LogP contribution in [0.1, 0.15) is 11.3 Å². The molecule has 3 aromatic rings. The number of benzene rings is 1. The Hall–Kier alpha value is -3.38. The standard InChI is InChI=1S/C18H21N7O3S2/c1-11-3-6-13(7-4-11)30(26,27)25-17(21-2)22-9-12-5-8-15(28-12)14-10-29-18(23-14)24-16(19)20/h3-8,10H,9H2,1-2H3,(H2,21,22,25)(H4,19,20,23,24). The SMILES string of the molecule is CN/C(=N/S(=O)(=O)c1ccc(C)cc1)NCc1ccc(-c2csc(N=C(N)N)n2)o1. The summed E-state index contributed by atoms with van der Waals surface area (Å²) in [7, 11) is -2.27. The van der Waals surface area contributed by atoms with Crippen LogP contribution in [0.3, 0.4) is 0 Å². The van der Waals surface area contributed by atoms with Crippen LogP contribution in [-0.2, 0) is 16.6 Å². The maximum absolute atomic E-state index is 12.5. The first kappa shape index (κ1) is 21.3. The topological polar surface area (TPSA) is 161 Å². The molecule has 0 unspecified atom stereocenters. The van der Waals surface area contributed by atoms with E-state index in [-0.39, 0.29) is 23.4 Å². The maximum atomic E-state index is 12.5. The predicted molar refractivity (Wildman–Crippen MR) is 117 cm³/mol. The summed E-state index contributed by atoms with van der Waals surface area (Å²) >= 11 is 1.28. The number of nitrogens with two attached hydrogens (primary N) is 2. The second kappa shape index (κ2) is 8.97. The molecule has 0 atom stereocenters. The van der Waals surface area contributed by atoms with Gasteiger partial charge < -0.3 is 26.5 Å². The number of aryl methyl sites for hydroxylation is 1. The van der Waals surface area contributed by atoms with E-state index in [4.69, 9.17) is 15.9 Å². The molecule has 0 aliphatic rings. The highest BCUT2D eigenvalue weighted by Crippen LogP contribution is 2.28. The van der Waals surface area contributed by atoms with Crippen LogP contribution in [0.2, 0.25) is 0 Å². The van der Waals surface area contributed by atoms with Crippen molar-refractivity contribution in [2.75, 3.05) is 7.05 Å². The fraction of sp³-hybridized carbons (Fsp3) is 0.167. The van der Waals surface area contributed by atoms with E-state index in [2.05, 4.69) is 25.0 Å². The van der Waals surface area contributed by atoms with Crippen molar-refractivity contribution < 1.29 is 12.8 Å². The quantitative estimate of drug-likeness (QED) is 0.328. The van der Waals surface area contributed by atoms with Gasteiger partial charge in [0.15, 0.2) is 11.7 Å². The molecule has 0 amide bonds. The number of guanidine groups is 2. The first-order chi connectivity index (χ1) is 14.3. The van der Waals surface area contributed by atoms with E-state index in [0.29, 0.717) is 22.3 Å². The number of hydrogen-bond donors (Lipinski definition) is 4. The number of aromatic nitrogens is 1. The van der Waals surface area contributed by atoms with Crippen LogP contribution in [-0.4, -0.2) is 32.4 Å². The molecule has 158 valence electrons. The third-order valence-electron chi connectivity index (χ3n) is 3.83. The van der Waals surface area contributed by atoms with E-state index in [1.54, 1.807) is 36.7 Å². The van der Waals surface area contributed by atoms with Gasteiger partial charge in [-0.25, -0.2) is 4.98 Å². The zero-order valence-corrected chi connectivity index (χ0v) is 17.9. The highest BCUT2D eigenvalue weighted by molar-refractivity contribution is 7.90. The van der Waals surface area contributed by atoms with E-state index in [0.717, 1.165) is 5.56 Å². The number of furan rings is 1. The first-order valence-corrected chi connectivity index (χ1v) is 11.1. The predicted octanol–water partition coefficient (Wildman–Crippen LogP) is 1.67. The summed E-state index contributed by atoms with van der Waals surface area (Å²) in [6, 6.07) is 9.98. The van der Waals surface area contributed by atoms with Crippen LogP contribution in [0.5, 0.6) is 0 Å². The van der Waals surface area contributed by atoms with E-state index >= 15 is 0 Å². The molecule has 0 radical (unpaired) electrons. The average molecular weight is 448 g/mol. The second-order valence-electron chi connectivity index (χ2n) is 6.15. The van der Waals surface area contributed by atoms with Gasteiger partial charge >= 0.3 is 0 Å². The van der Waals surface area contributed by atoms with Gasteiger partial charge in [0.1, 0.15) is 11.5 Å². The van der Waals surface area contributed by atoms with Crippen molar-refractivity contribution >= 4 is 38.4 Å². The van der Waals surface area contributed by atoms with E-state index in [1.807, 2.05) is 6.92 Å². The molecule has 0 saturated carbocycles. The molecule has 12 heteroatoms. The minimum Gasteiger partial charge on any atom is -0.458 e. The number of aliphatic imine (C=N–C) groups is 1. The lowest BCUT2D eigenvalue weighted by Crippen LogP contribution is -2.35. The molecular formula is C18H21N7O3S2. The zero-order chi connectivity index (χ0) is 21.7. The number of nitrogens with zero attached hydrogens (tertiary/aromatic N) is 3. The lowest BCUT2D eigenvalue weighted by molar-refractivity contribution is 0.513. The summed E-state index contributed by atoms with van der Waals surface area (Å²) in [5.74, 6) is 1.13. The molecule has 2 heterocycles. The van der Waals surface area contributed by atoms with E-state index < -0.39 is 10.0 Å². The summed E-state index contributed by atoms with van der Waals surface area (Å²) in [6.45, 7) is 2.10. The highest BCUT2D eigenvalue weighted by atomic mass is 32.2. The molecule has 0 saturated heterocycles. The molecule has 3 rings (SSSR count). The number of hydrogen-bond acceptors (Lipinski definition) is 6. The smallest absolute Gasteiger partial charge is 0.285 e. The van der Waals surface area contributed by atoms with Gasteiger partial charge in [0.25, 0.3) is 10.0 Å². The second-order valence-corrected chi connectivity index (χ2v) is 8.59. The molecular weight excluding hydrogens is 426 g/mol. The molecule has 0 spiro atoms. The largest absolute Gasteiger partial charge is 0.458 e. The Kier molecular flexibility index (Phi) is 6.37. The fourth-order valence-corrected chi connectivity index (χ4v) is 4.05. The highest BCUT2D eigenvalue weighted by Gasteiger charge is 2.15. The Balaban J connectivity index is 1.69. The molecule has 0 aliphatic carbocycles. The molecule has 10 nitrogen and oxygen atoms in total. The van der Waals surface area contributed by atoms with Gasteiger partial charge in [0, 0.05) is 12.4 Å². The molecule has 0 bridgehead atoms. The number of thiazole rings is 1. The minimum absolute atomic E-state index is 0.0697. The van der Waals surface area contributed by atoms with Crippen LogP contribution >= 0.6 is 11.3 Å². The van der Waals surface area contributed by atoms with Gasteiger partial charge in [-0.05, 0) is 31.2 Å². The maximum Gasteiger partial charge on any atom is 0.285 e. The number of nitrogens with one attached hydrogen (secondary N) is 2. The Labute approximate surface area is 177 Å². The van der Waals surface area contributed by atoms with Gasteiger partial charge in [-0.2, -0.15) is 13.4 Å². The third kappa shape index (κ3) is 5.36. The normalized spacial score (nSPS) is 11.9. The molecule has 2 aromatic heterocycles. The van der Waals surface area contributed by atoms with Gasteiger partial charge in [0.05, 0.1) is 11.4 Å². The van der Waals surface area contributed by atoms with Crippen molar-refractivity contribution in [2.24, 2.45) is 20.9 Å². The Bertz CT molecular complexity index is 1170. The molecule has 0 fully saturated rings.